The molecule has 0 radical (unpaired) electrons. The van der Waals surface area contributed by atoms with Crippen LogP contribution in [0.25, 0.3) is 0 Å². The first-order chi connectivity index (χ1) is 27.2. The Balaban J connectivity index is 1.12. The summed E-state index contributed by atoms with van der Waals surface area (Å²) in [4.78, 5) is 56.6. The third-order valence-electron chi connectivity index (χ3n) is 10.3. The summed E-state index contributed by atoms with van der Waals surface area (Å²) in [6.07, 6.45) is 9.90. The minimum atomic E-state index is -0.320. The SMILES string of the molecule is C/C=C1\CC2C=Nc3cc(OCc4cc(OCCCC(=O)OC)cc(COc5cc6c(cc5OC)C(=O)N5C/C(=C/C)C[C@H]5C=N6)n4)c(OC)cc3C(=O)N2C1. The van der Waals surface area contributed by atoms with Crippen LogP contribution in [-0.4, -0.2) is 98.1 Å². The summed E-state index contributed by atoms with van der Waals surface area (Å²) in [6, 6.07) is 10.0. The molecule has 14 heteroatoms. The Kier molecular flexibility index (Phi) is 11.3. The number of fused-ring (bicyclic) bond motifs is 4. The van der Waals surface area contributed by atoms with Crippen LogP contribution in [0.4, 0.5) is 11.4 Å². The molecule has 292 valence electrons. The summed E-state index contributed by atoms with van der Waals surface area (Å²) in [5.41, 5.74) is 5.32. The molecule has 56 heavy (non-hydrogen) atoms. The van der Waals surface area contributed by atoms with E-state index < -0.39 is 0 Å². The maximum atomic E-state index is 13.6. The van der Waals surface area contributed by atoms with Crippen LogP contribution in [-0.2, 0) is 22.7 Å². The highest BCUT2D eigenvalue weighted by Crippen LogP contribution is 2.41. The Bertz CT molecular complexity index is 2020. The molecule has 0 N–H and O–H groups in total. The summed E-state index contributed by atoms with van der Waals surface area (Å²) < 4.78 is 34.7. The van der Waals surface area contributed by atoms with Crippen LogP contribution in [0.3, 0.4) is 0 Å². The fourth-order valence-electron chi connectivity index (χ4n) is 7.19. The highest BCUT2D eigenvalue weighted by molar-refractivity contribution is 6.04. The van der Waals surface area contributed by atoms with E-state index in [0.29, 0.717) is 82.1 Å². The summed E-state index contributed by atoms with van der Waals surface area (Å²) in [5.74, 6) is 1.51. The standard InChI is InChI=1S/C42H45N5O9/c1-6-25-11-29-19-43-34-17-38(36(51-3)15-32(34)41(49)46(29)21-25)55-23-27-13-31(54-10-8-9-40(48)53-5)14-28(45-27)24-56-39-18-35-33(16-37(39)52-4)42(50)47-22-26(7-2)12-30(47)20-44-35/h6-7,13-20,29-30H,8-12,21-24H2,1-5H3/b25-6+,26-7+/t29-,30?/m0/s1. The molecule has 2 amide bonds. The topological polar surface area (TPSA) is 151 Å². The van der Waals surface area contributed by atoms with Crippen molar-refractivity contribution in [2.75, 3.05) is 41.0 Å². The second-order valence-corrected chi connectivity index (χ2v) is 13.8. The lowest BCUT2D eigenvalue weighted by Gasteiger charge is -2.20. The Hall–Kier alpha value is -6.18. The molecule has 0 aliphatic carbocycles. The quantitative estimate of drug-likeness (QED) is 0.110. The molecule has 4 aliphatic rings. The number of benzene rings is 2. The summed E-state index contributed by atoms with van der Waals surface area (Å²) in [6.45, 7) is 5.39. The largest absolute Gasteiger partial charge is 0.493 e. The molecule has 2 fully saturated rings. The second-order valence-electron chi connectivity index (χ2n) is 13.8. The first-order valence-electron chi connectivity index (χ1n) is 18.6. The molecular formula is C42H45N5O9. The van der Waals surface area contributed by atoms with Gasteiger partial charge in [-0.25, -0.2) is 0 Å². The van der Waals surface area contributed by atoms with Gasteiger partial charge >= 0.3 is 5.97 Å². The molecule has 1 aromatic heterocycles. The van der Waals surface area contributed by atoms with Gasteiger partial charge in [0.25, 0.3) is 11.8 Å². The van der Waals surface area contributed by atoms with Gasteiger partial charge in [0.15, 0.2) is 23.0 Å². The molecule has 2 atom stereocenters. The number of pyridine rings is 1. The fourth-order valence-corrected chi connectivity index (χ4v) is 7.19. The highest BCUT2D eigenvalue weighted by Gasteiger charge is 2.36. The van der Waals surface area contributed by atoms with E-state index in [-0.39, 0.29) is 56.1 Å². The van der Waals surface area contributed by atoms with Gasteiger partial charge < -0.3 is 38.2 Å². The van der Waals surface area contributed by atoms with Gasteiger partial charge in [-0.2, -0.15) is 0 Å². The Labute approximate surface area is 325 Å². The van der Waals surface area contributed by atoms with Crippen LogP contribution in [0, 0.1) is 0 Å². The van der Waals surface area contributed by atoms with Crippen molar-refractivity contribution >= 4 is 41.6 Å². The average Bonchev–Trinajstić information content (AvgIpc) is 3.79. The molecule has 0 bridgehead atoms. The van der Waals surface area contributed by atoms with Gasteiger partial charge in [-0.05, 0) is 45.2 Å². The number of allylic oxidation sites excluding steroid dienone is 2. The molecule has 7 rings (SSSR count). The van der Waals surface area contributed by atoms with Gasteiger partial charge in [0.1, 0.15) is 19.0 Å². The van der Waals surface area contributed by atoms with Gasteiger partial charge in [-0.15, -0.1) is 0 Å². The lowest BCUT2D eigenvalue weighted by atomic mass is 10.1. The maximum absolute atomic E-state index is 13.6. The first kappa shape index (κ1) is 38.1. The number of amides is 2. The van der Waals surface area contributed by atoms with Crippen molar-refractivity contribution in [3.05, 3.63) is 82.2 Å². The molecule has 14 nitrogen and oxygen atoms in total. The van der Waals surface area contributed by atoms with Crippen molar-refractivity contribution in [1.82, 2.24) is 14.8 Å². The van der Waals surface area contributed by atoms with E-state index in [9.17, 15) is 14.4 Å². The van der Waals surface area contributed by atoms with Gasteiger partial charge in [0.05, 0.1) is 73.9 Å². The van der Waals surface area contributed by atoms with Crippen molar-refractivity contribution in [3.8, 4) is 28.7 Å². The number of esters is 1. The van der Waals surface area contributed by atoms with Gasteiger partial charge in [0, 0.05) is 56.2 Å². The molecule has 1 unspecified atom stereocenters. The first-order valence-corrected chi connectivity index (χ1v) is 18.6. The van der Waals surface area contributed by atoms with Crippen LogP contribution >= 0.6 is 0 Å². The van der Waals surface area contributed by atoms with E-state index in [1.54, 1.807) is 36.4 Å². The fraction of sp³-hybridized carbons (Fsp3) is 0.381. The lowest BCUT2D eigenvalue weighted by molar-refractivity contribution is -0.140. The molecule has 2 saturated heterocycles. The number of hydrogen-bond acceptors (Lipinski definition) is 12. The van der Waals surface area contributed by atoms with E-state index in [1.807, 2.05) is 48.2 Å². The normalized spacial score (nSPS) is 19.6. The second kappa shape index (κ2) is 16.7. The van der Waals surface area contributed by atoms with Crippen LogP contribution in [0.15, 0.2) is 69.7 Å². The molecule has 2 aromatic carbocycles. The number of carbonyl (C=O) groups is 3. The number of methoxy groups -OCH3 is 3. The van der Waals surface area contributed by atoms with Gasteiger partial charge in [-0.1, -0.05) is 23.3 Å². The maximum Gasteiger partial charge on any atom is 0.305 e. The predicted octanol–water partition coefficient (Wildman–Crippen LogP) is 6.34. The number of rotatable bonds is 13. The highest BCUT2D eigenvalue weighted by atomic mass is 16.5. The molecule has 4 aliphatic heterocycles. The number of hydrogen-bond donors (Lipinski definition) is 0. The lowest BCUT2D eigenvalue weighted by Crippen LogP contribution is -2.35. The summed E-state index contributed by atoms with van der Waals surface area (Å²) in [5, 5.41) is 0. The van der Waals surface area contributed by atoms with Gasteiger partial charge in [-0.3, -0.25) is 29.4 Å². The number of carbonyl (C=O) groups excluding carboxylic acids is 3. The number of ether oxygens (including phenoxy) is 6. The van der Waals surface area contributed by atoms with Crippen LogP contribution in [0.5, 0.6) is 28.7 Å². The molecule has 0 saturated carbocycles. The number of nitrogens with zero attached hydrogens (tertiary/aromatic N) is 5. The van der Waals surface area contributed by atoms with E-state index in [1.165, 1.54) is 32.5 Å². The van der Waals surface area contributed by atoms with Crippen molar-refractivity contribution in [2.45, 2.75) is 64.8 Å². The predicted molar refractivity (Wildman–Crippen MR) is 208 cm³/mol. The summed E-state index contributed by atoms with van der Waals surface area (Å²) >= 11 is 0. The van der Waals surface area contributed by atoms with Gasteiger partial charge in [0.2, 0.25) is 0 Å². The molecule has 3 aromatic rings. The van der Waals surface area contributed by atoms with Crippen LogP contribution in [0.2, 0.25) is 0 Å². The van der Waals surface area contributed by atoms with E-state index >= 15 is 0 Å². The summed E-state index contributed by atoms with van der Waals surface area (Å²) in [7, 11) is 4.39. The molecular weight excluding hydrogens is 718 g/mol. The Morgan fingerprint density at radius 2 is 1.21 bits per heavy atom. The van der Waals surface area contributed by atoms with E-state index in [0.717, 1.165) is 12.8 Å². The number of aromatic nitrogens is 1. The van der Waals surface area contributed by atoms with Crippen molar-refractivity contribution < 1.29 is 42.8 Å². The van der Waals surface area contributed by atoms with Crippen molar-refractivity contribution in [1.29, 1.82) is 0 Å². The third-order valence-corrected chi connectivity index (χ3v) is 10.3. The zero-order chi connectivity index (χ0) is 39.3. The molecule has 5 heterocycles. The zero-order valence-corrected chi connectivity index (χ0v) is 32.2. The minimum absolute atomic E-state index is 0.0180. The minimum Gasteiger partial charge on any atom is -0.493 e. The monoisotopic (exact) mass is 763 g/mol. The molecule has 0 spiro atoms. The zero-order valence-electron chi connectivity index (χ0n) is 32.2. The Morgan fingerprint density at radius 1 is 0.714 bits per heavy atom. The van der Waals surface area contributed by atoms with Crippen LogP contribution in [0.1, 0.15) is 71.6 Å². The van der Waals surface area contributed by atoms with E-state index in [4.69, 9.17) is 33.4 Å². The van der Waals surface area contributed by atoms with Crippen molar-refractivity contribution in [2.24, 2.45) is 9.98 Å². The average molecular weight is 764 g/mol. The van der Waals surface area contributed by atoms with E-state index in [2.05, 4.69) is 9.98 Å². The number of aliphatic imine (C=N–C) groups is 2. The smallest absolute Gasteiger partial charge is 0.305 e. The third kappa shape index (κ3) is 7.95. The van der Waals surface area contributed by atoms with Crippen LogP contribution < -0.4 is 23.7 Å². The Morgan fingerprint density at radius 3 is 1.66 bits per heavy atom. The van der Waals surface area contributed by atoms with Crippen molar-refractivity contribution in [3.63, 3.8) is 0 Å².